The lowest BCUT2D eigenvalue weighted by Crippen LogP contribution is -2.51. The number of carbonyl (C=O) groups is 1. The molecule has 9 heteroatoms. The lowest BCUT2D eigenvalue weighted by molar-refractivity contribution is 0.176. The van der Waals surface area contributed by atoms with E-state index in [1.165, 1.54) is 6.39 Å². The Labute approximate surface area is 200 Å². The van der Waals surface area contributed by atoms with Crippen molar-refractivity contribution in [3.63, 3.8) is 0 Å². The fourth-order valence-electron chi connectivity index (χ4n) is 4.59. The van der Waals surface area contributed by atoms with E-state index in [9.17, 15) is 9.90 Å². The van der Waals surface area contributed by atoms with Gasteiger partial charge in [0, 0.05) is 34.9 Å². The number of pyridine rings is 1. The molecule has 8 nitrogen and oxygen atoms in total. The second kappa shape index (κ2) is 8.16. The maximum absolute atomic E-state index is 13.6. The molecule has 1 saturated heterocycles. The number of carbonyl (C=O) groups excluding carboxylic acids is 1. The Kier molecular flexibility index (Phi) is 4.97. The molecule has 2 N–H and O–H groups in total. The topological polar surface area (TPSA) is 94.7 Å². The molecule has 0 saturated carbocycles. The summed E-state index contributed by atoms with van der Waals surface area (Å²) in [4.78, 5) is 26.0. The summed E-state index contributed by atoms with van der Waals surface area (Å²) in [6, 6.07) is 17.8. The van der Waals surface area contributed by atoms with Gasteiger partial charge in [-0.25, -0.2) is 14.8 Å². The molecule has 0 aliphatic carbocycles. The van der Waals surface area contributed by atoms with Crippen molar-refractivity contribution in [1.29, 1.82) is 0 Å². The van der Waals surface area contributed by atoms with Gasteiger partial charge in [0.25, 0.3) is 0 Å². The third-order valence-corrected chi connectivity index (χ3v) is 6.42. The number of fused-ring (bicyclic) bond motifs is 4. The molecule has 170 valence electrons. The Morgan fingerprint density at radius 3 is 2.76 bits per heavy atom. The normalized spacial score (nSPS) is 18.6. The average molecular weight is 474 g/mol. The molecule has 2 aromatic carbocycles. The molecule has 2 aliphatic rings. The molecule has 2 atom stereocenters. The van der Waals surface area contributed by atoms with Gasteiger partial charge in [0.05, 0.1) is 29.7 Å². The molecular formula is C25H20ClN5O3. The average Bonchev–Trinajstić information content (AvgIpc) is 3.49. The summed E-state index contributed by atoms with van der Waals surface area (Å²) in [7, 11) is 0. The zero-order valence-electron chi connectivity index (χ0n) is 17.9. The first-order valence-electron chi connectivity index (χ1n) is 10.9. The maximum atomic E-state index is 13.6. The van der Waals surface area contributed by atoms with Crippen LogP contribution in [0.3, 0.4) is 0 Å². The van der Waals surface area contributed by atoms with Crippen LogP contribution in [-0.4, -0.2) is 46.3 Å². The van der Waals surface area contributed by atoms with Crippen LogP contribution in [0.5, 0.6) is 0 Å². The van der Waals surface area contributed by atoms with Crippen LogP contribution in [0.1, 0.15) is 0 Å². The monoisotopic (exact) mass is 473 g/mol. The molecule has 2 aromatic heterocycles. The van der Waals surface area contributed by atoms with Gasteiger partial charge in [-0.15, -0.1) is 0 Å². The number of anilines is 3. The van der Waals surface area contributed by atoms with Gasteiger partial charge in [-0.2, -0.15) is 0 Å². The van der Waals surface area contributed by atoms with E-state index in [1.807, 2.05) is 48.5 Å². The molecule has 6 rings (SSSR count). The zero-order valence-corrected chi connectivity index (χ0v) is 18.7. The number of aliphatic hydroxyl groups is 1. The van der Waals surface area contributed by atoms with E-state index >= 15 is 0 Å². The second-order valence-corrected chi connectivity index (χ2v) is 8.77. The third kappa shape index (κ3) is 3.57. The SMILES string of the molecule is O=C(Nc1cccc(-c2cnco2)c1)N1c2nc(-c3cccc(Cl)c3)ccc2N2C[C@@H](O)[C@H]1C2. The van der Waals surface area contributed by atoms with Gasteiger partial charge in [-0.1, -0.05) is 35.9 Å². The lowest BCUT2D eigenvalue weighted by atomic mass is 10.1. The number of oxazole rings is 1. The molecule has 2 amide bonds. The Morgan fingerprint density at radius 1 is 1.09 bits per heavy atom. The molecule has 2 bridgehead atoms. The number of aromatic nitrogens is 2. The Bertz CT molecular complexity index is 1380. The molecule has 0 spiro atoms. The highest BCUT2D eigenvalue weighted by Gasteiger charge is 2.45. The van der Waals surface area contributed by atoms with E-state index in [-0.39, 0.29) is 6.03 Å². The van der Waals surface area contributed by atoms with Crippen molar-refractivity contribution < 1.29 is 14.3 Å². The number of amides is 2. The van der Waals surface area contributed by atoms with Crippen molar-refractivity contribution in [1.82, 2.24) is 9.97 Å². The predicted molar refractivity (Wildman–Crippen MR) is 130 cm³/mol. The minimum Gasteiger partial charge on any atom is -0.444 e. The third-order valence-electron chi connectivity index (χ3n) is 6.18. The van der Waals surface area contributed by atoms with Gasteiger partial charge in [0.15, 0.2) is 18.0 Å². The zero-order chi connectivity index (χ0) is 23.2. The van der Waals surface area contributed by atoms with Crippen LogP contribution in [0.15, 0.2) is 77.7 Å². The fourth-order valence-corrected chi connectivity index (χ4v) is 4.78. The number of urea groups is 1. The minimum absolute atomic E-state index is 0.364. The molecule has 1 fully saturated rings. The number of aliphatic hydroxyl groups excluding tert-OH is 1. The van der Waals surface area contributed by atoms with E-state index in [1.54, 1.807) is 23.2 Å². The van der Waals surface area contributed by atoms with Gasteiger partial charge in [0.2, 0.25) is 0 Å². The van der Waals surface area contributed by atoms with E-state index in [0.29, 0.717) is 41.1 Å². The van der Waals surface area contributed by atoms with E-state index in [2.05, 4.69) is 15.2 Å². The fraction of sp³-hybridized carbons (Fsp3) is 0.160. The van der Waals surface area contributed by atoms with E-state index < -0.39 is 12.1 Å². The Hall–Kier alpha value is -3.88. The lowest BCUT2D eigenvalue weighted by Gasteiger charge is -2.36. The van der Waals surface area contributed by atoms with Crippen molar-refractivity contribution in [3.05, 3.63) is 78.3 Å². The van der Waals surface area contributed by atoms with Crippen LogP contribution in [0.25, 0.3) is 22.6 Å². The molecule has 0 radical (unpaired) electrons. The summed E-state index contributed by atoms with van der Waals surface area (Å²) in [6.07, 6.45) is 2.30. The summed E-state index contributed by atoms with van der Waals surface area (Å²) in [5.74, 6) is 1.11. The summed E-state index contributed by atoms with van der Waals surface area (Å²) < 4.78 is 5.37. The highest BCUT2D eigenvalue weighted by molar-refractivity contribution is 6.30. The van der Waals surface area contributed by atoms with Gasteiger partial charge in [-0.05, 0) is 36.4 Å². The minimum atomic E-state index is -0.685. The first-order valence-corrected chi connectivity index (χ1v) is 11.2. The van der Waals surface area contributed by atoms with E-state index in [0.717, 1.165) is 16.8 Å². The summed E-state index contributed by atoms with van der Waals surface area (Å²) in [6.45, 7) is 0.985. The standard InChI is InChI=1S/C25H20ClN5O3/c26-17-5-1-3-15(9-17)19-7-8-20-24(29-19)31(21-12-30(20)13-22(21)32)25(33)28-18-6-2-4-16(10-18)23-11-27-14-34-23/h1-11,14,21-22,32H,12-13H2,(H,28,33)/t21-,22-/m1/s1. The summed E-state index contributed by atoms with van der Waals surface area (Å²) in [5, 5.41) is 14.3. The molecular weight excluding hydrogens is 454 g/mol. The van der Waals surface area contributed by atoms with E-state index in [4.69, 9.17) is 21.0 Å². The highest BCUT2D eigenvalue weighted by Crippen LogP contribution is 2.40. The van der Waals surface area contributed by atoms with Crippen molar-refractivity contribution in [2.45, 2.75) is 12.1 Å². The quantitative estimate of drug-likeness (QED) is 0.449. The van der Waals surface area contributed by atoms with Crippen LogP contribution >= 0.6 is 11.6 Å². The number of nitrogens with zero attached hydrogens (tertiary/aromatic N) is 4. The maximum Gasteiger partial charge on any atom is 0.327 e. The van der Waals surface area contributed by atoms with Crippen LogP contribution in [0, 0.1) is 0 Å². The molecule has 4 heterocycles. The van der Waals surface area contributed by atoms with Crippen molar-refractivity contribution in [2.75, 3.05) is 28.2 Å². The van der Waals surface area contributed by atoms with Crippen LogP contribution < -0.4 is 15.1 Å². The molecule has 0 unspecified atom stereocenters. The molecule has 2 aliphatic heterocycles. The van der Waals surface area contributed by atoms with Gasteiger partial charge in [0.1, 0.15) is 0 Å². The van der Waals surface area contributed by atoms with Crippen molar-refractivity contribution >= 4 is 34.8 Å². The highest BCUT2D eigenvalue weighted by atomic mass is 35.5. The first-order chi connectivity index (χ1) is 16.6. The predicted octanol–water partition coefficient (Wildman–Crippen LogP) is 4.66. The van der Waals surface area contributed by atoms with Gasteiger partial charge < -0.3 is 19.7 Å². The Balaban J connectivity index is 1.36. The number of halogens is 1. The number of benzene rings is 2. The molecule has 34 heavy (non-hydrogen) atoms. The summed E-state index contributed by atoms with van der Waals surface area (Å²) in [5.41, 5.74) is 3.75. The largest absolute Gasteiger partial charge is 0.444 e. The molecule has 4 aromatic rings. The van der Waals surface area contributed by atoms with Crippen LogP contribution in [0.2, 0.25) is 5.02 Å². The number of nitrogens with one attached hydrogen (secondary N) is 1. The smallest absolute Gasteiger partial charge is 0.327 e. The first kappa shape index (κ1) is 20.7. The number of hydrogen-bond acceptors (Lipinski definition) is 6. The van der Waals surface area contributed by atoms with Crippen LogP contribution in [-0.2, 0) is 0 Å². The van der Waals surface area contributed by atoms with Gasteiger partial charge >= 0.3 is 6.03 Å². The Morgan fingerprint density at radius 2 is 1.94 bits per heavy atom. The summed E-state index contributed by atoms with van der Waals surface area (Å²) >= 11 is 6.18. The van der Waals surface area contributed by atoms with Gasteiger partial charge in [-0.3, -0.25) is 4.90 Å². The number of rotatable bonds is 3. The van der Waals surface area contributed by atoms with Crippen molar-refractivity contribution in [3.8, 4) is 22.6 Å². The second-order valence-electron chi connectivity index (χ2n) is 8.34. The number of hydrogen-bond donors (Lipinski definition) is 2. The van der Waals surface area contributed by atoms with Crippen LogP contribution in [0.4, 0.5) is 22.0 Å². The van der Waals surface area contributed by atoms with Crippen molar-refractivity contribution in [2.24, 2.45) is 0 Å².